The number of nitrogens with one attached hydrogen (secondary N) is 1. The fourth-order valence-electron chi connectivity index (χ4n) is 2.05. The quantitative estimate of drug-likeness (QED) is 0.276. The Morgan fingerprint density at radius 2 is 1.68 bits per heavy atom. The van der Waals surface area contributed by atoms with Gasteiger partial charge in [-0.2, -0.15) is 0 Å². The molecule has 128 valence electrons. The molecule has 2 rings (SSSR count). The third kappa shape index (κ3) is 6.09. The van der Waals surface area contributed by atoms with E-state index in [0.717, 1.165) is 16.7 Å². The monoisotopic (exact) mass is 391 g/mol. The van der Waals surface area contributed by atoms with Crippen LogP contribution in [0.5, 0.6) is 0 Å². The number of benzene rings is 2. The molecule has 0 aromatic heterocycles. The Balaban J connectivity index is 2.39. The molecule has 0 radical (unpaired) electrons. The zero-order valence-electron chi connectivity index (χ0n) is 13.3. The van der Waals surface area contributed by atoms with E-state index >= 15 is 0 Å². The van der Waals surface area contributed by atoms with Gasteiger partial charge >= 0.3 is 0 Å². The van der Waals surface area contributed by atoms with Crippen molar-refractivity contribution in [2.24, 2.45) is 0 Å². The molecule has 0 aliphatic carbocycles. The maximum atomic E-state index is 11.8. The van der Waals surface area contributed by atoms with E-state index < -0.39 is 0 Å². The highest BCUT2D eigenvalue weighted by molar-refractivity contribution is 6.35. The molecule has 5 heteroatoms. The van der Waals surface area contributed by atoms with Crippen molar-refractivity contribution >= 4 is 52.4 Å². The maximum absolute atomic E-state index is 11.8. The van der Waals surface area contributed by atoms with Crippen LogP contribution in [0.15, 0.2) is 67.3 Å². The van der Waals surface area contributed by atoms with Gasteiger partial charge in [0.1, 0.15) is 0 Å². The van der Waals surface area contributed by atoms with Crippen LogP contribution in [-0.2, 0) is 4.79 Å². The highest BCUT2D eigenvalue weighted by Crippen LogP contribution is 2.27. The largest absolute Gasteiger partial charge is 0.349 e. The van der Waals surface area contributed by atoms with E-state index in [4.69, 9.17) is 34.8 Å². The summed E-state index contributed by atoms with van der Waals surface area (Å²) in [6.45, 7) is 3.98. The lowest BCUT2D eigenvalue weighted by molar-refractivity contribution is -0.116. The van der Waals surface area contributed by atoms with Crippen LogP contribution in [0, 0.1) is 0 Å². The Kier molecular flexibility index (Phi) is 7.32. The third-order valence-corrected chi connectivity index (χ3v) is 4.10. The molecule has 0 bridgehead atoms. The van der Waals surface area contributed by atoms with Gasteiger partial charge in [-0.15, -0.1) is 6.58 Å². The van der Waals surface area contributed by atoms with Crippen LogP contribution in [0.3, 0.4) is 0 Å². The summed E-state index contributed by atoms with van der Waals surface area (Å²) >= 11 is 18.2. The lowest BCUT2D eigenvalue weighted by Gasteiger charge is -2.06. The summed E-state index contributed by atoms with van der Waals surface area (Å²) in [5.41, 5.74) is 2.52. The lowest BCUT2D eigenvalue weighted by Crippen LogP contribution is -2.20. The van der Waals surface area contributed by atoms with Gasteiger partial charge in [0.2, 0.25) is 5.91 Å². The van der Waals surface area contributed by atoms with Crippen LogP contribution in [0.1, 0.15) is 11.1 Å². The molecular weight excluding hydrogens is 377 g/mol. The summed E-state index contributed by atoms with van der Waals surface area (Å²) in [7, 11) is 0. The van der Waals surface area contributed by atoms with E-state index in [1.807, 2.05) is 24.3 Å². The van der Waals surface area contributed by atoms with Crippen molar-refractivity contribution in [3.63, 3.8) is 0 Å². The summed E-state index contributed by atoms with van der Waals surface area (Å²) in [6, 6.07) is 12.6. The van der Waals surface area contributed by atoms with Gasteiger partial charge < -0.3 is 5.32 Å². The fourth-order valence-corrected chi connectivity index (χ4v) is 2.64. The molecule has 2 aromatic rings. The Hall–Kier alpha value is -2.00. The zero-order chi connectivity index (χ0) is 18.2. The van der Waals surface area contributed by atoms with Crippen LogP contribution in [0.2, 0.25) is 15.1 Å². The van der Waals surface area contributed by atoms with E-state index in [2.05, 4.69) is 11.9 Å². The average molecular weight is 393 g/mol. The van der Waals surface area contributed by atoms with Gasteiger partial charge in [-0.05, 0) is 53.1 Å². The average Bonchev–Trinajstić information content (AvgIpc) is 2.59. The van der Waals surface area contributed by atoms with E-state index in [9.17, 15) is 4.79 Å². The molecule has 0 fully saturated rings. The molecule has 1 amide bonds. The van der Waals surface area contributed by atoms with E-state index in [1.165, 1.54) is 6.08 Å². The number of halogens is 3. The highest BCUT2D eigenvalue weighted by atomic mass is 35.5. The second-order valence-corrected chi connectivity index (χ2v) is 6.42. The molecule has 0 saturated heterocycles. The Labute approximate surface area is 162 Å². The van der Waals surface area contributed by atoms with E-state index in [1.54, 1.807) is 36.4 Å². The number of rotatable bonds is 6. The number of amides is 1. The first-order valence-corrected chi connectivity index (χ1v) is 8.62. The van der Waals surface area contributed by atoms with Crippen LogP contribution in [-0.4, -0.2) is 12.5 Å². The first-order valence-electron chi connectivity index (χ1n) is 7.49. The summed E-state index contributed by atoms with van der Waals surface area (Å²) in [5, 5.41) is 4.43. The predicted octanol–water partition coefficient (Wildman–Crippen LogP) is 6.05. The van der Waals surface area contributed by atoms with E-state index in [-0.39, 0.29) is 5.91 Å². The summed E-state index contributed by atoms with van der Waals surface area (Å²) in [4.78, 5) is 11.8. The Bertz CT molecular complexity index is 823. The minimum atomic E-state index is -0.207. The second kappa shape index (κ2) is 9.47. The molecule has 0 saturated carbocycles. The van der Waals surface area contributed by atoms with Crippen molar-refractivity contribution in [1.29, 1.82) is 0 Å². The van der Waals surface area contributed by atoms with Crippen LogP contribution >= 0.6 is 34.8 Å². The first kappa shape index (κ1) is 19.3. The van der Waals surface area contributed by atoms with Gasteiger partial charge in [-0.3, -0.25) is 4.79 Å². The van der Waals surface area contributed by atoms with Crippen LogP contribution < -0.4 is 5.32 Å². The second-order valence-electron chi connectivity index (χ2n) is 5.14. The summed E-state index contributed by atoms with van der Waals surface area (Å²) in [6.07, 6.45) is 6.70. The van der Waals surface area contributed by atoms with Crippen molar-refractivity contribution in [1.82, 2.24) is 5.32 Å². The SMILES string of the molecule is C=CCNC(=O)/C=C/C(=C/c1ccc(Cl)cc1Cl)c1ccc(Cl)cc1. The standard InChI is InChI=1S/C20H16Cl3NO/c1-2-11-24-20(25)10-6-15(14-3-7-17(21)8-4-14)12-16-5-9-18(22)13-19(16)23/h2-10,12-13H,1,11H2,(H,24,25)/b10-6+,15-12-. The summed E-state index contributed by atoms with van der Waals surface area (Å²) in [5.74, 6) is -0.207. The summed E-state index contributed by atoms with van der Waals surface area (Å²) < 4.78 is 0. The van der Waals surface area contributed by atoms with Crippen LogP contribution in [0.4, 0.5) is 0 Å². The van der Waals surface area contributed by atoms with Gasteiger partial charge in [0, 0.05) is 27.7 Å². The van der Waals surface area contributed by atoms with Crippen molar-refractivity contribution in [3.05, 3.63) is 93.5 Å². The minimum Gasteiger partial charge on any atom is -0.349 e. The number of allylic oxidation sites excluding steroid dienone is 2. The Morgan fingerprint density at radius 3 is 2.32 bits per heavy atom. The number of carbonyl (C=O) groups excluding carboxylic acids is 1. The molecule has 0 unspecified atom stereocenters. The fraction of sp³-hybridized carbons (Fsp3) is 0.0500. The molecule has 0 spiro atoms. The molecule has 2 aromatic carbocycles. The first-order chi connectivity index (χ1) is 12.0. The molecule has 25 heavy (non-hydrogen) atoms. The van der Waals surface area contributed by atoms with Gasteiger partial charge in [-0.25, -0.2) is 0 Å². The van der Waals surface area contributed by atoms with Crippen molar-refractivity contribution in [3.8, 4) is 0 Å². The van der Waals surface area contributed by atoms with Crippen molar-refractivity contribution in [2.45, 2.75) is 0 Å². The van der Waals surface area contributed by atoms with E-state index in [0.29, 0.717) is 21.6 Å². The van der Waals surface area contributed by atoms with Crippen molar-refractivity contribution in [2.75, 3.05) is 6.54 Å². The molecular formula is C20H16Cl3NO. The minimum absolute atomic E-state index is 0.207. The molecule has 1 N–H and O–H groups in total. The third-order valence-electron chi connectivity index (χ3n) is 3.29. The number of hydrogen-bond acceptors (Lipinski definition) is 1. The topological polar surface area (TPSA) is 29.1 Å². The van der Waals surface area contributed by atoms with Gasteiger partial charge in [0.05, 0.1) is 0 Å². The highest BCUT2D eigenvalue weighted by Gasteiger charge is 2.04. The van der Waals surface area contributed by atoms with Gasteiger partial charge in [0.25, 0.3) is 0 Å². The van der Waals surface area contributed by atoms with Crippen LogP contribution in [0.25, 0.3) is 11.6 Å². The van der Waals surface area contributed by atoms with Crippen molar-refractivity contribution < 1.29 is 4.79 Å². The normalized spacial score (nSPS) is 11.6. The predicted molar refractivity (Wildman–Crippen MR) is 108 cm³/mol. The molecule has 0 heterocycles. The molecule has 0 aliphatic heterocycles. The smallest absolute Gasteiger partial charge is 0.244 e. The molecule has 0 atom stereocenters. The molecule has 2 nitrogen and oxygen atoms in total. The molecule has 0 aliphatic rings. The number of carbonyl (C=O) groups is 1. The Morgan fingerprint density at radius 1 is 1.00 bits per heavy atom. The lowest BCUT2D eigenvalue weighted by atomic mass is 10.0. The van der Waals surface area contributed by atoms with Gasteiger partial charge in [0.15, 0.2) is 0 Å². The number of hydrogen-bond donors (Lipinski definition) is 1. The van der Waals surface area contributed by atoms with Gasteiger partial charge in [-0.1, -0.05) is 59.1 Å². The maximum Gasteiger partial charge on any atom is 0.244 e. The zero-order valence-corrected chi connectivity index (χ0v) is 15.6.